The molecule has 0 fully saturated rings. The molecule has 0 saturated heterocycles. The lowest BCUT2D eigenvalue weighted by Crippen LogP contribution is -2.10. The molecule has 4 heteroatoms. The predicted octanol–water partition coefficient (Wildman–Crippen LogP) is 9.74. The summed E-state index contributed by atoms with van der Waals surface area (Å²) < 4.78 is 2.21. The Kier molecular flexibility index (Phi) is 6.37. The molecule has 0 radical (unpaired) electrons. The highest BCUT2D eigenvalue weighted by atomic mass is 15.0. The van der Waals surface area contributed by atoms with E-state index in [1.54, 1.807) is 0 Å². The van der Waals surface area contributed by atoms with Crippen LogP contribution >= 0.6 is 0 Å². The molecule has 0 aliphatic rings. The van der Waals surface area contributed by atoms with Crippen LogP contribution in [0.25, 0.3) is 61.4 Å². The van der Waals surface area contributed by atoms with E-state index in [4.69, 9.17) is 9.97 Å². The van der Waals surface area contributed by atoms with Gasteiger partial charge >= 0.3 is 0 Å². The lowest BCUT2D eigenvalue weighted by atomic mass is 9.86. The van der Waals surface area contributed by atoms with E-state index in [1.807, 2.05) is 54.6 Å². The summed E-state index contributed by atoms with van der Waals surface area (Å²) in [6, 6.07) is 45.8. The first kappa shape index (κ1) is 26.4. The van der Waals surface area contributed by atoms with Crippen LogP contribution in [-0.2, 0) is 5.41 Å². The number of para-hydroxylation sites is 1. The van der Waals surface area contributed by atoms with Crippen LogP contribution in [0.1, 0.15) is 31.9 Å². The SMILES string of the molecule is CC(C)(C)c1ccc2c(c1)c1ccccc1n2-c1cc(-c2nc(-c3ccccc3)cc(-c3ccccc3)n2)ccc1C#N. The smallest absolute Gasteiger partial charge is 0.160 e. The molecule has 7 rings (SSSR count). The molecular formula is C39H30N4. The van der Waals surface area contributed by atoms with Gasteiger partial charge in [-0.1, -0.05) is 106 Å². The normalized spacial score (nSPS) is 11.6. The van der Waals surface area contributed by atoms with Crippen LogP contribution < -0.4 is 0 Å². The van der Waals surface area contributed by atoms with E-state index in [-0.39, 0.29) is 5.41 Å². The van der Waals surface area contributed by atoms with Gasteiger partial charge in [-0.05, 0) is 53.4 Å². The fourth-order valence-corrected chi connectivity index (χ4v) is 5.74. The second-order valence-electron chi connectivity index (χ2n) is 11.9. The average molecular weight is 555 g/mol. The summed E-state index contributed by atoms with van der Waals surface area (Å²) in [5.41, 5.74) is 9.41. The van der Waals surface area contributed by atoms with Crippen LogP contribution in [0, 0.1) is 11.3 Å². The van der Waals surface area contributed by atoms with E-state index in [2.05, 4.69) is 104 Å². The maximum absolute atomic E-state index is 10.3. The van der Waals surface area contributed by atoms with Gasteiger partial charge in [-0.25, -0.2) is 9.97 Å². The van der Waals surface area contributed by atoms with Crippen LogP contribution in [0.4, 0.5) is 0 Å². The Morgan fingerprint density at radius 3 is 1.81 bits per heavy atom. The molecule has 5 aromatic carbocycles. The van der Waals surface area contributed by atoms with Gasteiger partial charge in [-0.2, -0.15) is 5.26 Å². The molecule has 0 saturated carbocycles. The minimum atomic E-state index is 0.0205. The number of hydrogen-bond donors (Lipinski definition) is 0. The van der Waals surface area contributed by atoms with E-state index in [0.717, 1.165) is 50.2 Å². The Hall–Kier alpha value is -5.53. The van der Waals surface area contributed by atoms with Crippen LogP contribution in [0.2, 0.25) is 0 Å². The van der Waals surface area contributed by atoms with Gasteiger partial charge < -0.3 is 4.57 Å². The molecule has 0 aliphatic carbocycles. The molecule has 0 unspecified atom stereocenters. The van der Waals surface area contributed by atoms with Gasteiger partial charge in [0.1, 0.15) is 6.07 Å². The van der Waals surface area contributed by atoms with Gasteiger partial charge in [0.2, 0.25) is 0 Å². The number of benzene rings is 5. The standard InChI is InChI=1S/C39H30N4/c1-39(2,3)30-20-21-36-32(23-30)31-16-10-11-17-35(31)43(36)37-22-28(18-19-29(37)25-40)38-41-33(26-12-6-4-7-13-26)24-34(42-38)27-14-8-5-9-15-27/h4-24H,1-3H3. The zero-order valence-electron chi connectivity index (χ0n) is 24.4. The second kappa shape index (κ2) is 10.4. The molecule has 2 heterocycles. The largest absolute Gasteiger partial charge is 0.308 e. The van der Waals surface area contributed by atoms with Gasteiger partial charge in [-0.3, -0.25) is 0 Å². The molecule has 43 heavy (non-hydrogen) atoms. The van der Waals surface area contributed by atoms with Crippen LogP contribution in [-0.4, -0.2) is 14.5 Å². The molecule has 206 valence electrons. The predicted molar refractivity (Wildman–Crippen MR) is 176 cm³/mol. The Labute approximate surface area is 251 Å². The number of nitriles is 1. The van der Waals surface area contributed by atoms with E-state index in [0.29, 0.717) is 11.4 Å². The molecule has 0 N–H and O–H groups in total. The van der Waals surface area contributed by atoms with E-state index in [1.165, 1.54) is 10.9 Å². The molecule has 7 aromatic rings. The quantitative estimate of drug-likeness (QED) is 0.218. The lowest BCUT2D eigenvalue weighted by molar-refractivity contribution is 0.591. The monoisotopic (exact) mass is 554 g/mol. The fourth-order valence-electron chi connectivity index (χ4n) is 5.74. The number of nitrogens with zero attached hydrogens (tertiary/aromatic N) is 4. The Bertz CT molecular complexity index is 2100. The first-order chi connectivity index (χ1) is 20.9. The van der Waals surface area contributed by atoms with E-state index >= 15 is 0 Å². The summed E-state index contributed by atoms with van der Waals surface area (Å²) in [6.45, 7) is 6.70. The van der Waals surface area contributed by atoms with Crippen molar-refractivity contribution in [2.75, 3.05) is 0 Å². The van der Waals surface area contributed by atoms with E-state index < -0.39 is 0 Å². The third-order valence-electron chi connectivity index (χ3n) is 8.02. The highest BCUT2D eigenvalue weighted by Gasteiger charge is 2.20. The van der Waals surface area contributed by atoms with Gasteiger partial charge in [0.15, 0.2) is 5.82 Å². The van der Waals surface area contributed by atoms with Gasteiger partial charge in [-0.15, -0.1) is 0 Å². The Balaban J connectivity index is 1.48. The third kappa shape index (κ3) is 4.75. The topological polar surface area (TPSA) is 54.5 Å². The number of fused-ring (bicyclic) bond motifs is 3. The summed E-state index contributed by atoms with van der Waals surface area (Å²) in [7, 11) is 0. The van der Waals surface area contributed by atoms with Gasteiger partial charge in [0.05, 0.1) is 33.7 Å². The van der Waals surface area contributed by atoms with Crippen LogP contribution in [0.3, 0.4) is 0 Å². The number of aromatic nitrogens is 3. The van der Waals surface area contributed by atoms with Crippen molar-refractivity contribution in [2.45, 2.75) is 26.2 Å². The zero-order chi connectivity index (χ0) is 29.6. The molecule has 0 bridgehead atoms. The van der Waals surface area contributed by atoms with Crippen molar-refractivity contribution in [3.63, 3.8) is 0 Å². The van der Waals surface area contributed by atoms with Gasteiger partial charge in [0.25, 0.3) is 0 Å². The summed E-state index contributed by atoms with van der Waals surface area (Å²) in [6.07, 6.45) is 0. The van der Waals surface area contributed by atoms with E-state index in [9.17, 15) is 5.26 Å². The van der Waals surface area contributed by atoms with Crippen LogP contribution in [0.15, 0.2) is 127 Å². The van der Waals surface area contributed by atoms with Crippen molar-refractivity contribution >= 4 is 21.8 Å². The summed E-state index contributed by atoms with van der Waals surface area (Å²) in [5.74, 6) is 0.613. The second-order valence-corrected chi connectivity index (χ2v) is 11.9. The van der Waals surface area contributed by atoms with Crippen molar-refractivity contribution < 1.29 is 0 Å². The van der Waals surface area contributed by atoms with Crippen LogP contribution in [0.5, 0.6) is 0 Å². The Morgan fingerprint density at radius 2 is 1.19 bits per heavy atom. The lowest BCUT2D eigenvalue weighted by Gasteiger charge is -2.19. The molecule has 0 spiro atoms. The summed E-state index contributed by atoms with van der Waals surface area (Å²) in [4.78, 5) is 10.1. The highest BCUT2D eigenvalue weighted by molar-refractivity contribution is 6.09. The molecule has 0 amide bonds. The molecular weight excluding hydrogens is 524 g/mol. The average Bonchev–Trinajstić information content (AvgIpc) is 3.38. The fraction of sp³-hybridized carbons (Fsp3) is 0.103. The van der Waals surface area contributed by atoms with Gasteiger partial charge in [0, 0.05) is 27.5 Å². The van der Waals surface area contributed by atoms with Crippen molar-refractivity contribution in [1.29, 1.82) is 5.26 Å². The van der Waals surface area contributed by atoms with Crippen molar-refractivity contribution in [3.8, 4) is 45.7 Å². The highest BCUT2D eigenvalue weighted by Crippen LogP contribution is 2.37. The molecule has 4 nitrogen and oxygen atoms in total. The third-order valence-corrected chi connectivity index (χ3v) is 8.02. The first-order valence-electron chi connectivity index (χ1n) is 14.5. The maximum atomic E-state index is 10.3. The zero-order valence-corrected chi connectivity index (χ0v) is 24.4. The maximum Gasteiger partial charge on any atom is 0.160 e. The minimum Gasteiger partial charge on any atom is -0.308 e. The Morgan fingerprint density at radius 1 is 0.581 bits per heavy atom. The molecule has 0 atom stereocenters. The van der Waals surface area contributed by atoms with Crippen molar-refractivity contribution in [3.05, 3.63) is 139 Å². The summed E-state index contributed by atoms with van der Waals surface area (Å²) >= 11 is 0. The molecule has 0 aliphatic heterocycles. The number of hydrogen-bond acceptors (Lipinski definition) is 3. The first-order valence-corrected chi connectivity index (χ1v) is 14.5. The number of rotatable bonds is 4. The minimum absolute atomic E-state index is 0.0205. The van der Waals surface area contributed by atoms with Crippen molar-refractivity contribution in [2.24, 2.45) is 0 Å². The summed E-state index contributed by atoms with van der Waals surface area (Å²) in [5, 5.41) is 12.6. The molecule has 2 aromatic heterocycles. The van der Waals surface area contributed by atoms with Crippen molar-refractivity contribution in [1.82, 2.24) is 14.5 Å².